The maximum atomic E-state index is 12.4. The van der Waals surface area contributed by atoms with Gasteiger partial charge >= 0.3 is 0 Å². The number of nitrogens with zero attached hydrogens (tertiary/aromatic N) is 7. The van der Waals surface area contributed by atoms with Crippen LogP contribution in [0.5, 0.6) is 0 Å². The first-order valence-electron chi connectivity index (χ1n) is 11.3. The quantitative estimate of drug-likeness (QED) is 0.526. The number of aliphatic imine (C=N–C) groups is 1. The number of carbonyl (C=O) groups excluding carboxylic acids is 1. The third-order valence-corrected chi connectivity index (χ3v) is 5.88. The maximum absolute atomic E-state index is 12.4. The zero-order valence-corrected chi connectivity index (χ0v) is 19.1. The van der Waals surface area contributed by atoms with E-state index in [9.17, 15) is 4.79 Å². The monoisotopic (exact) mass is 450 g/mol. The van der Waals surface area contributed by atoms with Crippen molar-refractivity contribution in [3.63, 3.8) is 0 Å². The molecule has 174 valence electrons. The fourth-order valence-corrected chi connectivity index (χ4v) is 3.93. The van der Waals surface area contributed by atoms with Gasteiger partial charge in [0.25, 0.3) is 0 Å². The van der Waals surface area contributed by atoms with Gasteiger partial charge < -0.3 is 15.4 Å². The van der Waals surface area contributed by atoms with E-state index < -0.39 is 0 Å². The zero-order valence-electron chi connectivity index (χ0n) is 19.1. The molecule has 4 heterocycles. The Morgan fingerprint density at radius 3 is 2.76 bits per heavy atom. The van der Waals surface area contributed by atoms with E-state index in [-0.39, 0.29) is 12.5 Å². The fraction of sp³-hybridized carbons (Fsp3) is 0.435. The summed E-state index contributed by atoms with van der Waals surface area (Å²) in [7, 11) is 0. The van der Waals surface area contributed by atoms with Crippen LogP contribution in [0.15, 0.2) is 42.0 Å². The number of hydrogen-bond acceptors (Lipinski definition) is 7. The van der Waals surface area contributed by atoms with Crippen LogP contribution in [0.4, 0.5) is 0 Å². The number of morpholine rings is 1. The topological polar surface area (TPSA) is 116 Å². The lowest BCUT2D eigenvalue weighted by molar-refractivity contribution is -0.133. The minimum atomic E-state index is -0.0316. The molecule has 0 unspecified atom stereocenters. The molecule has 0 atom stereocenters. The minimum Gasteiger partial charge on any atom is -0.404 e. The first-order chi connectivity index (χ1) is 16.1. The maximum Gasteiger partial charge on any atom is 0.244 e. The SMILES string of the molecule is CCC(CC)n1cc(-c2nc(C(C=NCC(=O)N3CCOCC3)=CN)cn3nccc23)cn1. The van der Waals surface area contributed by atoms with Crippen molar-refractivity contribution in [3.05, 3.63) is 42.7 Å². The summed E-state index contributed by atoms with van der Waals surface area (Å²) in [6, 6.07) is 2.26. The standard InChI is InChI=1S/C23H30N8O2/c1-3-19(4-2)30-15-18(13-27-30)23-21-5-6-26-31(21)16-20(28-23)17(11-24)12-25-14-22(32)29-7-9-33-10-8-29/h5-6,11-13,15-16,19H,3-4,7-10,14,24H2,1-2H3. The van der Waals surface area contributed by atoms with Gasteiger partial charge in [-0.15, -0.1) is 0 Å². The number of aromatic nitrogens is 5. The number of ether oxygens (including phenoxy) is 1. The van der Waals surface area contributed by atoms with Crippen LogP contribution in [0.3, 0.4) is 0 Å². The summed E-state index contributed by atoms with van der Waals surface area (Å²) in [5.74, 6) is -0.0316. The van der Waals surface area contributed by atoms with Crippen molar-refractivity contribution in [1.82, 2.24) is 29.3 Å². The Balaban J connectivity index is 1.59. The van der Waals surface area contributed by atoms with Gasteiger partial charge in [0.15, 0.2) is 0 Å². The molecular weight excluding hydrogens is 420 g/mol. The normalized spacial score (nSPS) is 15.2. The molecule has 0 aromatic carbocycles. The number of fused-ring (bicyclic) bond motifs is 1. The van der Waals surface area contributed by atoms with Gasteiger partial charge in [0.05, 0.1) is 54.8 Å². The van der Waals surface area contributed by atoms with E-state index in [0.717, 1.165) is 29.6 Å². The third kappa shape index (κ3) is 4.95. The summed E-state index contributed by atoms with van der Waals surface area (Å²) in [6.45, 7) is 6.69. The highest BCUT2D eigenvalue weighted by Crippen LogP contribution is 2.26. The molecule has 1 aliphatic heterocycles. The summed E-state index contributed by atoms with van der Waals surface area (Å²) >= 11 is 0. The van der Waals surface area contributed by atoms with E-state index in [4.69, 9.17) is 15.5 Å². The van der Waals surface area contributed by atoms with Crippen LogP contribution in [-0.4, -0.2) is 74.2 Å². The molecule has 10 heteroatoms. The molecule has 0 saturated carbocycles. The highest BCUT2D eigenvalue weighted by atomic mass is 16.5. The van der Waals surface area contributed by atoms with Crippen LogP contribution in [0.25, 0.3) is 22.3 Å². The van der Waals surface area contributed by atoms with Gasteiger partial charge in [0.2, 0.25) is 5.91 Å². The first-order valence-corrected chi connectivity index (χ1v) is 11.3. The molecular formula is C23H30N8O2. The predicted molar refractivity (Wildman–Crippen MR) is 127 cm³/mol. The summed E-state index contributed by atoms with van der Waals surface area (Å²) in [5, 5.41) is 8.95. The number of hydrogen-bond donors (Lipinski definition) is 1. The summed E-state index contributed by atoms with van der Waals surface area (Å²) in [4.78, 5) is 23.3. The van der Waals surface area contributed by atoms with Gasteiger partial charge in [-0.3, -0.25) is 14.5 Å². The average Bonchev–Trinajstić information content (AvgIpc) is 3.52. The number of amides is 1. The predicted octanol–water partition coefficient (Wildman–Crippen LogP) is 2.18. The Hall–Kier alpha value is -3.53. The number of allylic oxidation sites excluding steroid dienone is 1. The Kier molecular flexibility index (Phi) is 7.13. The molecule has 1 amide bonds. The van der Waals surface area contributed by atoms with E-state index >= 15 is 0 Å². The van der Waals surface area contributed by atoms with Gasteiger partial charge in [-0.05, 0) is 18.9 Å². The van der Waals surface area contributed by atoms with Gasteiger partial charge in [-0.25, -0.2) is 9.50 Å². The fourth-order valence-electron chi connectivity index (χ4n) is 3.93. The van der Waals surface area contributed by atoms with E-state index in [1.54, 1.807) is 28.0 Å². The van der Waals surface area contributed by atoms with Crippen LogP contribution in [0.2, 0.25) is 0 Å². The summed E-state index contributed by atoms with van der Waals surface area (Å²) in [5.41, 5.74) is 9.67. The lowest BCUT2D eigenvalue weighted by Crippen LogP contribution is -2.41. The Morgan fingerprint density at radius 2 is 2.03 bits per heavy atom. The summed E-state index contributed by atoms with van der Waals surface area (Å²) in [6.07, 6.45) is 12.4. The molecule has 10 nitrogen and oxygen atoms in total. The number of rotatable bonds is 8. The van der Waals surface area contributed by atoms with Gasteiger partial charge in [0.1, 0.15) is 6.54 Å². The molecule has 3 aromatic heterocycles. The van der Waals surface area contributed by atoms with Crippen LogP contribution in [0, 0.1) is 0 Å². The average molecular weight is 451 g/mol. The molecule has 3 aromatic rings. The number of carbonyl (C=O) groups is 1. The van der Waals surface area contributed by atoms with Crippen molar-refractivity contribution in [1.29, 1.82) is 0 Å². The zero-order chi connectivity index (χ0) is 23.2. The molecule has 2 N–H and O–H groups in total. The summed E-state index contributed by atoms with van der Waals surface area (Å²) < 4.78 is 9.05. The van der Waals surface area contributed by atoms with Crippen LogP contribution in [-0.2, 0) is 9.53 Å². The van der Waals surface area contributed by atoms with Crippen LogP contribution in [0.1, 0.15) is 38.4 Å². The molecule has 0 spiro atoms. The van der Waals surface area contributed by atoms with Crippen LogP contribution < -0.4 is 5.73 Å². The Bertz CT molecular complexity index is 1150. The van der Waals surface area contributed by atoms with Crippen molar-refractivity contribution in [2.45, 2.75) is 32.7 Å². The molecule has 4 rings (SSSR count). The highest BCUT2D eigenvalue weighted by Gasteiger charge is 2.17. The molecule has 1 fully saturated rings. The van der Waals surface area contributed by atoms with E-state index in [2.05, 4.69) is 29.0 Å². The third-order valence-electron chi connectivity index (χ3n) is 5.88. The molecule has 0 bridgehead atoms. The van der Waals surface area contributed by atoms with E-state index in [1.165, 1.54) is 6.20 Å². The van der Waals surface area contributed by atoms with Gasteiger partial charge in [0, 0.05) is 42.8 Å². The molecule has 1 saturated heterocycles. The smallest absolute Gasteiger partial charge is 0.244 e. The van der Waals surface area contributed by atoms with Crippen molar-refractivity contribution < 1.29 is 9.53 Å². The lowest BCUT2D eigenvalue weighted by atomic mass is 10.1. The van der Waals surface area contributed by atoms with Gasteiger partial charge in [-0.1, -0.05) is 13.8 Å². The molecule has 1 aliphatic rings. The molecule has 0 aliphatic carbocycles. The molecule has 33 heavy (non-hydrogen) atoms. The van der Waals surface area contributed by atoms with Crippen molar-refractivity contribution in [2.24, 2.45) is 10.7 Å². The largest absolute Gasteiger partial charge is 0.404 e. The van der Waals surface area contributed by atoms with Gasteiger partial charge in [-0.2, -0.15) is 10.2 Å². The van der Waals surface area contributed by atoms with Crippen molar-refractivity contribution in [3.8, 4) is 11.3 Å². The second-order valence-corrected chi connectivity index (χ2v) is 7.90. The Labute approximate surface area is 192 Å². The first kappa shape index (κ1) is 22.7. The lowest BCUT2D eigenvalue weighted by Gasteiger charge is -2.26. The minimum absolute atomic E-state index is 0.0316. The second-order valence-electron chi connectivity index (χ2n) is 7.90. The molecule has 0 radical (unpaired) electrons. The second kappa shape index (κ2) is 10.4. The number of nitrogens with two attached hydrogens (primary N) is 1. The van der Waals surface area contributed by atoms with Crippen LogP contribution >= 0.6 is 0 Å². The van der Waals surface area contributed by atoms with Crippen molar-refractivity contribution >= 4 is 23.2 Å². The highest BCUT2D eigenvalue weighted by molar-refractivity contribution is 6.09. The Morgan fingerprint density at radius 1 is 1.24 bits per heavy atom. The van der Waals surface area contributed by atoms with E-state index in [0.29, 0.717) is 43.6 Å². The van der Waals surface area contributed by atoms with E-state index in [1.807, 2.05) is 23.1 Å². The van der Waals surface area contributed by atoms with Crippen molar-refractivity contribution in [2.75, 3.05) is 32.8 Å².